The Labute approximate surface area is 159 Å². The second-order valence-corrected chi connectivity index (χ2v) is 8.25. The summed E-state index contributed by atoms with van der Waals surface area (Å²) in [7, 11) is -3.59. The largest absolute Gasteiger partial charge is 0.355 e. The quantitative estimate of drug-likeness (QED) is 0.676. The van der Waals surface area contributed by atoms with E-state index >= 15 is 0 Å². The lowest BCUT2D eigenvalue weighted by atomic mass is 10.1. The minimum atomic E-state index is -3.59. The van der Waals surface area contributed by atoms with Gasteiger partial charge in [0.25, 0.3) is 0 Å². The van der Waals surface area contributed by atoms with Crippen LogP contribution in [0, 0.1) is 13.8 Å². The molecule has 0 unspecified atom stereocenters. The molecule has 2 aromatic rings. The fraction of sp³-hybridized carbons (Fsp3) is 0.316. The number of carbonyl (C=O) groups excluding carboxylic acids is 1. The smallest absolute Gasteiger partial charge is 0.240 e. The zero-order valence-corrected chi connectivity index (χ0v) is 16.5. The van der Waals surface area contributed by atoms with E-state index in [2.05, 4.69) is 10.0 Å². The van der Waals surface area contributed by atoms with E-state index in [0.717, 1.165) is 11.1 Å². The highest BCUT2D eigenvalue weighted by Crippen LogP contribution is 2.17. The molecule has 0 fully saturated rings. The molecule has 1 amide bonds. The monoisotopic (exact) mass is 394 g/mol. The molecule has 0 bridgehead atoms. The number of rotatable bonds is 8. The Balaban J connectivity index is 1.78. The third-order valence-electron chi connectivity index (χ3n) is 3.95. The van der Waals surface area contributed by atoms with Crippen LogP contribution in [0.15, 0.2) is 47.4 Å². The SMILES string of the molecule is Cc1ccc(C)c(S(=O)(=O)NCCNC(=O)CCc2ccccc2Cl)c1. The molecule has 7 heteroatoms. The van der Waals surface area contributed by atoms with Crippen LogP contribution in [0.5, 0.6) is 0 Å². The van der Waals surface area contributed by atoms with Crippen LogP contribution in [0.25, 0.3) is 0 Å². The average molecular weight is 395 g/mol. The van der Waals surface area contributed by atoms with Crippen molar-refractivity contribution in [1.82, 2.24) is 10.0 Å². The molecule has 0 aliphatic heterocycles. The molecular formula is C19H23ClN2O3S. The summed E-state index contributed by atoms with van der Waals surface area (Å²) in [5, 5.41) is 3.35. The average Bonchev–Trinajstić information content (AvgIpc) is 2.60. The van der Waals surface area contributed by atoms with Crippen molar-refractivity contribution in [3.05, 3.63) is 64.2 Å². The van der Waals surface area contributed by atoms with Crippen LogP contribution in [-0.4, -0.2) is 27.4 Å². The molecule has 0 aromatic heterocycles. The van der Waals surface area contributed by atoms with Gasteiger partial charge in [0.05, 0.1) is 4.90 Å². The van der Waals surface area contributed by atoms with Crippen molar-refractivity contribution >= 4 is 27.5 Å². The number of hydrogen-bond donors (Lipinski definition) is 2. The van der Waals surface area contributed by atoms with Gasteiger partial charge in [0.1, 0.15) is 0 Å². The summed E-state index contributed by atoms with van der Waals surface area (Å²) in [6.07, 6.45) is 0.840. The molecule has 0 saturated carbocycles. The van der Waals surface area contributed by atoms with Gasteiger partial charge in [-0.25, -0.2) is 13.1 Å². The zero-order chi connectivity index (χ0) is 19.2. The fourth-order valence-corrected chi connectivity index (χ4v) is 4.09. The molecule has 0 aliphatic rings. The zero-order valence-electron chi connectivity index (χ0n) is 14.9. The number of carbonyl (C=O) groups is 1. The summed E-state index contributed by atoms with van der Waals surface area (Å²) in [6, 6.07) is 12.7. The predicted molar refractivity (Wildman–Crippen MR) is 104 cm³/mol. The summed E-state index contributed by atoms with van der Waals surface area (Å²) in [5.74, 6) is -0.143. The maximum absolute atomic E-state index is 12.4. The van der Waals surface area contributed by atoms with Gasteiger partial charge in [-0.2, -0.15) is 0 Å². The summed E-state index contributed by atoms with van der Waals surface area (Å²) >= 11 is 6.06. The lowest BCUT2D eigenvalue weighted by Gasteiger charge is -2.11. The third kappa shape index (κ3) is 5.83. The highest BCUT2D eigenvalue weighted by Gasteiger charge is 2.16. The van der Waals surface area contributed by atoms with Crippen molar-refractivity contribution < 1.29 is 13.2 Å². The maximum Gasteiger partial charge on any atom is 0.240 e. The summed E-state index contributed by atoms with van der Waals surface area (Å²) in [4.78, 5) is 12.2. The molecule has 0 heterocycles. The molecule has 0 spiro atoms. The van der Waals surface area contributed by atoms with Crippen molar-refractivity contribution in [2.24, 2.45) is 0 Å². The molecule has 0 radical (unpaired) electrons. The standard InChI is InChI=1S/C19H23ClN2O3S/c1-14-7-8-15(2)18(13-14)26(24,25)22-12-11-21-19(23)10-9-16-5-3-4-6-17(16)20/h3-8,13,22H,9-12H2,1-2H3,(H,21,23). The van der Waals surface area contributed by atoms with E-state index in [0.29, 0.717) is 23.4 Å². The maximum atomic E-state index is 12.4. The van der Waals surface area contributed by atoms with Gasteiger partial charge in [-0.15, -0.1) is 0 Å². The fourth-order valence-electron chi connectivity index (χ4n) is 2.50. The predicted octanol–water partition coefficient (Wildman–Crippen LogP) is 2.98. The van der Waals surface area contributed by atoms with E-state index in [1.807, 2.05) is 31.2 Å². The summed E-state index contributed by atoms with van der Waals surface area (Å²) in [5.41, 5.74) is 2.48. The van der Waals surface area contributed by atoms with Crippen molar-refractivity contribution in [3.63, 3.8) is 0 Å². The van der Waals surface area contributed by atoms with Gasteiger partial charge in [-0.05, 0) is 49.1 Å². The van der Waals surface area contributed by atoms with Crippen molar-refractivity contribution in [3.8, 4) is 0 Å². The van der Waals surface area contributed by atoms with Crippen LogP contribution in [-0.2, 0) is 21.2 Å². The van der Waals surface area contributed by atoms with Gasteiger partial charge in [0.15, 0.2) is 0 Å². The van der Waals surface area contributed by atoms with Crippen molar-refractivity contribution in [2.75, 3.05) is 13.1 Å². The van der Waals surface area contributed by atoms with Gasteiger partial charge in [0, 0.05) is 24.5 Å². The van der Waals surface area contributed by atoms with E-state index in [-0.39, 0.29) is 23.9 Å². The topological polar surface area (TPSA) is 75.3 Å². The molecule has 2 rings (SSSR count). The molecule has 0 atom stereocenters. The molecule has 2 N–H and O–H groups in total. The third-order valence-corrected chi connectivity index (χ3v) is 5.92. The second-order valence-electron chi connectivity index (χ2n) is 6.11. The summed E-state index contributed by atoms with van der Waals surface area (Å²) in [6.45, 7) is 3.96. The number of halogens is 1. The van der Waals surface area contributed by atoms with Crippen LogP contribution in [0.4, 0.5) is 0 Å². The first-order valence-corrected chi connectivity index (χ1v) is 10.2. The Morgan fingerprint density at radius 2 is 1.81 bits per heavy atom. The van der Waals surface area contributed by atoms with Crippen LogP contribution < -0.4 is 10.0 Å². The highest BCUT2D eigenvalue weighted by atomic mass is 35.5. The molecule has 0 aliphatic carbocycles. The van der Waals surface area contributed by atoms with E-state index in [1.54, 1.807) is 25.1 Å². The molecule has 2 aromatic carbocycles. The van der Waals surface area contributed by atoms with Gasteiger partial charge in [-0.3, -0.25) is 4.79 Å². The minimum Gasteiger partial charge on any atom is -0.355 e. The normalized spacial score (nSPS) is 11.3. The second kappa shape index (κ2) is 9.16. The van der Waals surface area contributed by atoms with Crippen LogP contribution in [0.1, 0.15) is 23.1 Å². The van der Waals surface area contributed by atoms with Crippen molar-refractivity contribution in [2.45, 2.75) is 31.6 Å². The van der Waals surface area contributed by atoms with Crippen LogP contribution in [0.2, 0.25) is 5.02 Å². The first kappa shape index (κ1) is 20.4. The first-order valence-electron chi connectivity index (χ1n) is 8.36. The van der Waals surface area contributed by atoms with E-state index < -0.39 is 10.0 Å². The minimum absolute atomic E-state index is 0.132. The van der Waals surface area contributed by atoms with Gasteiger partial charge >= 0.3 is 0 Å². The Hall–Kier alpha value is -1.89. The lowest BCUT2D eigenvalue weighted by molar-refractivity contribution is -0.121. The number of amides is 1. The van der Waals surface area contributed by atoms with Crippen LogP contribution >= 0.6 is 11.6 Å². The Morgan fingerprint density at radius 1 is 1.08 bits per heavy atom. The molecule has 5 nitrogen and oxygen atoms in total. The highest BCUT2D eigenvalue weighted by molar-refractivity contribution is 7.89. The van der Waals surface area contributed by atoms with Gasteiger partial charge in [-0.1, -0.05) is 41.9 Å². The Bertz CT molecular complexity index is 882. The van der Waals surface area contributed by atoms with E-state index in [4.69, 9.17) is 11.6 Å². The molecular weight excluding hydrogens is 372 g/mol. The molecule has 0 saturated heterocycles. The van der Waals surface area contributed by atoms with Crippen molar-refractivity contribution in [1.29, 1.82) is 0 Å². The van der Waals surface area contributed by atoms with E-state index in [1.165, 1.54) is 0 Å². The molecule has 26 heavy (non-hydrogen) atoms. The number of sulfonamides is 1. The van der Waals surface area contributed by atoms with Crippen LogP contribution in [0.3, 0.4) is 0 Å². The van der Waals surface area contributed by atoms with Gasteiger partial charge in [0.2, 0.25) is 15.9 Å². The summed E-state index contributed by atoms with van der Waals surface area (Å²) < 4.78 is 27.2. The number of benzene rings is 2. The lowest BCUT2D eigenvalue weighted by Crippen LogP contribution is -2.35. The Morgan fingerprint density at radius 3 is 2.54 bits per heavy atom. The first-order chi connectivity index (χ1) is 12.3. The Kier molecular flexibility index (Phi) is 7.20. The number of aryl methyl sites for hydroxylation is 3. The van der Waals surface area contributed by atoms with Gasteiger partial charge < -0.3 is 5.32 Å². The molecule has 140 valence electrons. The van der Waals surface area contributed by atoms with E-state index in [9.17, 15) is 13.2 Å². The number of nitrogens with one attached hydrogen (secondary N) is 2. The number of hydrogen-bond acceptors (Lipinski definition) is 3.